The number of halogens is 2. The summed E-state index contributed by atoms with van der Waals surface area (Å²) in [6.45, 7) is 5.12. The molecule has 0 bridgehead atoms. The number of hydrogen-bond acceptors (Lipinski definition) is 4. The van der Waals surface area contributed by atoms with Crippen molar-refractivity contribution in [3.05, 3.63) is 64.1 Å². The quantitative estimate of drug-likeness (QED) is 0.628. The van der Waals surface area contributed by atoms with Gasteiger partial charge in [-0.3, -0.25) is 9.69 Å². The van der Waals surface area contributed by atoms with Gasteiger partial charge in [-0.15, -0.1) is 0 Å². The second kappa shape index (κ2) is 8.05. The van der Waals surface area contributed by atoms with E-state index in [0.717, 1.165) is 16.5 Å². The van der Waals surface area contributed by atoms with Crippen LogP contribution in [0.3, 0.4) is 0 Å². The zero-order valence-electron chi connectivity index (χ0n) is 16.4. The van der Waals surface area contributed by atoms with E-state index in [4.69, 9.17) is 20.8 Å². The molecule has 1 aromatic heterocycles. The number of nitrogens with zero attached hydrogens (tertiary/aromatic N) is 2. The van der Waals surface area contributed by atoms with Gasteiger partial charge in [-0.2, -0.15) is 0 Å². The van der Waals surface area contributed by atoms with E-state index < -0.39 is 0 Å². The molecular weight excluding hydrogens is 395 g/mol. The molecule has 1 aliphatic heterocycles. The molecule has 2 heterocycles. The van der Waals surface area contributed by atoms with Crippen molar-refractivity contribution in [3.63, 3.8) is 0 Å². The largest absolute Gasteiger partial charge is 0.494 e. The zero-order chi connectivity index (χ0) is 20.5. The number of hydrogen-bond donors (Lipinski definition) is 0. The Kier molecular flexibility index (Phi) is 5.48. The van der Waals surface area contributed by atoms with Gasteiger partial charge in [0, 0.05) is 48.7 Å². The molecule has 0 atom stereocenters. The van der Waals surface area contributed by atoms with Crippen LogP contribution in [-0.4, -0.2) is 49.0 Å². The Morgan fingerprint density at radius 3 is 2.62 bits per heavy atom. The van der Waals surface area contributed by atoms with Crippen LogP contribution < -0.4 is 4.74 Å². The molecule has 5 nitrogen and oxygen atoms in total. The summed E-state index contributed by atoms with van der Waals surface area (Å²) in [6, 6.07) is 10.4. The normalized spacial score (nSPS) is 15.1. The minimum Gasteiger partial charge on any atom is -0.494 e. The van der Waals surface area contributed by atoms with Crippen LogP contribution in [0.5, 0.6) is 5.75 Å². The molecule has 0 radical (unpaired) electrons. The molecule has 1 aliphatic rings. The first-order valence-corrected chi connectivity index (χ1v) is 9.87. The number of amides is 1. The van der Waals surface area contributed by atoms with Gasteiger partial charge in [-0.25, -0.2) is 4.39 Å². The minimum absolute atomic E-state index is 0.107. The standard InChI is InChI=1S/C22H22ClFN2O3/c1-14-17-12-16(23)4-6-19(17)29-21(14)22(27)26-9-7-25(8-10-26)13-15-3-5-20(28-2)18(24)11-15/h3-6,11-12H,7-10,13H2,1-2H3. The first-order valence-electron chi connectivity index (χ1n) is 9.49. The molecule has 3 aromatic rings. The maximum Gasteiger partial charge on any atom is 0.289 e. The molecule has 1 saturated heterocycles. The topological polar surface area (TPSA) is 45.9 Å². The zero-order valence-corrected chi connectivity index (χ0v) is 17.1. The van der Waals surface area contributed by atoms with Crippen molar-refractivity contribution >= 4 is 28.5 Å². The van der Waals surface area contributed by atoms with Gasteiger partial charge in [0.1, 0.15) is 5.58 Å². The Hall–Kier alpha value is -2.57. The second-order valence-corrected chi connectivity index (χ2v) is 7.67. The van der Waals surface area contributed by atoms with Crippen molar-refractivity contribution < 1.29 is 18.3 Å². The molecule has 0 unspecified atom stereocenters. The summed E-state index contributed by atoms with van der Waals surface area (Å²) in [5.74, 6) is 0.142. The van der Waals surface area contributed by atoms with Crippen LogP contribution in [0.15, 0.2) is 40.8 Å². The van der Waals surface area contributed by atoms with Crippen LogP contribution >= 0.6 is 11.6 Å². The summed E-state index contributed by atoms with van der Waals surface area (Å²) in [4.78, 5) is 17.0. The monoisotopic (exact) mass is 416 g/mol. The summed E-state index contributed by atoms with van der Waals surface area (Å²) in [7, 11) is 1.45. The SMILES string of the molecule is COc1ccc(CN2CCN(C(=O)c3oc4ccc(Cl)cc4c3C)CC2)cc1F. The number of rotatable bonds is 4. The summed E-state index contributed by atoms with van der Waals surface area (Å²) in [5, 5.41) is 1.48. The number of carbonyl (C=O) groups excluding carboxylic acids is 1. The number of methoxy groups -OCH3 is 1. The highest BCUT2D eigenvalue weighted by molar-refractivity contribution is 6.31. The molecule has 4 rings (SSSR count). The molecule has 1 fully saturated rings. The van der Waals surface area contributed by atoms with E-state index in [1.807, 2.05) is 19.1 Å². The average Bonchev–Trinajstić information content (AvgIpc) is 3.04. The maximum atomic E-state index is 13.9. The van der Waals surface area contributed by atoms with E-state index in [9.17, 15) is 9.18 Å². The third kappa shape index (κ3) is 3.95. The van der Waals surface area contributed by atoms with Crippen LogP contribution in [0.1, 0.15) is 21.7 Å². The van der Waals surface area contributed by atoms with E-state index in [1.165, 1.54) is 13.2 Å². The molecule has 1 amide bonds. The van der Waals surface area contributed by atoms with Gasteiger partial charge in [0.15, 0.2) is 17.3 Å². The molecular formula is C22H22ClFN2O3. The predicted octanol–water partition coefficient (Wildman–Crippen LogP) is 4.50. The van der Waals surface area contributed by atoms with Gasteiger partial charge in [0.05, 0.1) is 7.11 Å². The first-order chi connectivity index (χ1) is 14.0. The molecule has 0 saturated carbocycles. The Morgan fingerprint density at radius 1 is 1.17 bits per heavy atom. The molecule has 2 aromatic carbocycles. The predicted molar refractivity (Wildman–Crippen MR) is 110 cm³/mol. The fourth-order valence-electron chi connectivity index (χ4n) is 3.72. The molecule has 0 spiro atoms. The van der Waals surface area contributed by atoms with E-state index >= 15 is 0 Å². The summed E-state index contributed by atoms with van der Waals surface area (Å²) in [6.07, 6.45) is 0. The van der Waals surface area contributed by atoms with E-state index in [1.54, 1.807) is 23.1 Å². The Bertz CT molecular complexity index is 1060. The third-order valence-electron chi connectivity index (χ3n) is 5.37. The lowest BCUT2D eigenvalue weighted by Crippen LogP contribution is -2.48. The van der Waals surface area contributed by atoms with Crippen molar-refractivity contribution in [1.82, 2.24) is 9.80 Å². The van der Waals surface area contributed by atoms with Crippen LogP contribution in [0, 0.1) is 12.7 Å². The number of ether oxygens (including phenoxy) is 1. The van der Waals surface area contributed by atoms with Crippen LogP contribution in [0.4, 0.5) is 4.39 Å². The number of furan rings is 1. The average molecular weight is 417 g/mol. The smallest absolute Gasteiger partial charge is 0.289 e. The summed E-state index contributed by atoms with van der Waals surface area (Å²) < 4.78 is 24.7. The maximum absolute atomic E-state index is 13.9. The van der Waals surface area contributed by atoms with Crippen LogP contribution in [-0.2, 0) is 6.54 Å². The molecule has 29 heavy (non-hydrogen) atoms. The lowest BCUT2D eigenvalue weighted by atomic mass is 10.1. The van der Waals surface area contributed by atoms with Crippen LogP contribution in [0.2, 0.25) is 5.02 Å². The summed E-state index contributed by atoms with van der Waals surface area (Å²) in [5.41, 5.74) is 2.35. The number of aryl methyl sites for hydroxylation is 1. The van der Waals surface area contributed by atoms with Crippen molar-refractivity contribution in [2.75, 3.05) is 33.3 Å². The van der Waals surface area contributed by atoms with Gasteiger partial charge in [0.2, 0.25) is 0 Å². The lowest BCUT2D eigenvalue weighted by molar-refractivity contribution is 0.0599. The molecule has 152 valence electrons. The fraction of sp³-hybridized carbons (Fsp3) is 0.318. The molecule has 0 aliphatic carbocycles. The Labute approximate surface area is 173 Å². The van der Waals surface area contributed by atoms with Crippen molar-refractivity contribution in [1.29, 1.82) is 0 Å². The number of carbonyl (C=O) groups is 1. The third-order valence-corrected chi connectivity index (χ3v) is 5.61. The lowest BCUT2D eigenvalue weighted by Gasteiger charge is -2.34. The van der Waals surface area contributed by atoms with Gasteiger partial charge >= 0.3 is 0 Å². The molecule has 0 N–H and O–H groups in total. The molecule has 7 heteroatoms. The minimum atomic E-state index is -0.362. The van der Waals surface area contributed by atoms with E-state index in [0.29, 0.717) is 49.1 Å². The van der Waals surface area contributed by atoms with Gasteiger partial charge in [-0.05, 0) is 42.8 Å². The Morgan fingerprint density at radius 2 is 1.93 bits per heavy atom. The van der Waals surface area contributed by atoms with Crippen molar-refractivity contribution in [2.45, 2.75) is 13.5 Å². The highest BCUT2D eigenvalue weighted by Gasteiger charge is 2.26. The van der Waals surface area contributed by atoms with Crippen molar-refractivity contribution in [3.8, 4) is 5.75 Å². The van der Waals surface area contributed by atoms with Crippen LogP contribution in [0.25, 0.3) is 11.0 Å². The highest BCUT2D eigenvalue weighted by Crippen LogP contribution is 2.29. The van der Waals surface area contributed by atoms with E-state index in [-0.39, 0.29) is 17.5 Å². The summed E-state index contributed by atoms with van der Waals surface area (Å²) >= 11 is 6.06. The van der Waals surface area contributed by atoms with E-state index in [2.05, 4.69) is 4.90 Å². The van der Waals surface area contributed by atoms with Gasteiger partial charge < -0.3 is 14.1 Å². The second-order valence-electron chi connectivity index (χ2n) is 7.23. The van der Waals surface area contributed by atoms with Crippen molar-refractivity contribution in [2.24, 2.45) is 0 Å². The Balaban J connectivity index is 1.41. The number of benzene rings is 2. The van der Waals surface area contributed by atoms with Gasteiger partial charge in [0.25, 0.3) is 5.91 Å². The first kappa shape index (κ1) is 19.7. The van der Waals surface area contributed by atoms with Gasteiger partial charge in [-0.1, -0.05) is 17.7 Å². The highest BCUT2D eigenvalue weighted by atomic mass is 35.5. The fourth-order valence-corrected chi connectivity index (χ4v) is 3.89. The number of fused-ring (bicyclic) bond motifs is 1. The number of piperazine rings is 1.